The van der Waals surface area contributed by atoms with Crippen molar-refractivity contribution in [2.24, 2.45) is 11.7 Å². The smallest absolute Gasteiger partial charge is 0.235 e. The minimum atomic E-state index is -3.27. The van der Waals surface area contributed by atoms with Gasteiger partial charge in [-0.05, 0) is 0 Å². The van der Waals surface area contributed by atoms with Crippen LogP contribution in [0.5, 0.6) is 0 Å². The van der Waals surface area contributed by atoms with Crippen molar-refractivity contribution >= 4 is 33.0 Å². The van der Waals surface area contributed by atoms with E-state index in [0.717, 1.165) is 6.26 Å². The molecule has 0 saturated heterocycles. The maximum atomic E-state index is 11.0. The van der Waals surface area contributed by atoms with Gasteiger partial charge in [-0.25, -0.2) is 8.42 Å². The molecule has 0 aliphatic carbocycles. The van der Waals surface area contributed by atoms with Gasteiger partial charge in [0.25, 0.3) is 0 Å². The largest absolute Gasteiger partial charge is 0.393 e. The van der Waals surface area contributed by atoms with E-state index in [1.807, 2.05) is 0 Å². The van der Waals surface area contributed by atoms with Gasteiger partial charge in [-0.2, -0.15) is 0 Å². The van der Waals surface area contributed by atoms with E-state index in [4.69, 9.17) is 5.73 Å². The Balaban J connectivity index is 3.93. The van der Waals surface area contributed by atoms with Crippen LogP contribution in [0.1, 0.15) is 6.92 Å². The number of nitrogens with two attached hydrogens (primary N) is 1. The Hall–Kier alpha value is -0.690. The molecular weight excluding hydrogens is 224 g/mol. The number of rotatable bonds is 5. The fraction of sp³-hybridized carbons (Fsp3) is 0.714. The highest BCUT2D eigenvalue weighted by molar-refractivity contribution is 7.91. The van der Waals surface area contributed by atoms with Crippen molar-refractivity contribution < 1.29 is 13.2 Å². The summed E-state index contributed by atoms with van der Waals surface area (Å²) in [4.78, 5) is 11.3. The Morgan fingerprint density at radius 1 is 1.57 bits per heavy atom. The van der Waals surface area contributed by atoms with E-state index >= 15 is 0 Å². The molecule has 0 spiro atoms. The predicted molar refractivity (Wildman–Crippen MR) is 58.7 cm³/mol. The Morgan fingerprint density at radius 2 is 2.07 bits per heavy atom. The average molecular weight is 238 g/mol. The Bertz CT molecular complexity index is 324. The highest BCUT2D eigenvalue weighted by atomic mass is 32.2. The van der Waals surface area contributed by atoms with Gasteiger partial charge in [0.2, 0.25) is 5.91 Å². The third-order valence-corrected chi connectivity index (χ3v) is 2.67. The summed E-state index contributed by atoms with van der Waals surface area (Å²) in [5, 5.41) is 2.43. The Morgan fingerprint density at radius 3 is 2.43 bits per heavy atom. The quantitative estimate of drug-likeness (QED) is 0.604. The van der Waals surface area contributed by atoms with Crippen LogP contribution in [0.2, 0.25) is 0 Å². The van der Waals surface area contributed by atoms with Crippen LogP contribution in [0, 0.1) is 5.92 Å². The molecule has 82 valence electrons. The fourth-order valence-corrected chi connectivity index (χ4v) is 1.32. The van der Waals surface area contributed by atoms with Crippen LogP contribution < -0.4 is 11.1 Å². The van der Waals surface area contributed by atoms with Crippen LogP contribution in [0.3, 0.4) is 0 Å². The lowest BCUT2D eigenvalue weighted by molar-refractivity contribution is -0.118. The van der Waals surface area contributed by atoms with Crippen LogP contribution in [0.15, 0.2) is 0 Å². The van der Waals surface area contributed by atoms with E-state index in [-0.39, 0.29) is 12.5 Å². The van der Waals surface area contributed by atoms with Crippen molar-refractivity contribution in [3.8, 4) is 0 Å². The van der Waals surface area contributed by atoms with Crippen molar-refractivity contribution in [2.45, 2.75) is 6.92 Å². The van der Waals surface area contributed by atoms with Gasteiger partial charge < -0.3 is 11.1 Å². The molecule has 1 unspecified atom stereocenters. The standard InChI is InChI=1S/C7H14N2O3S2/c1-5(7(8)13)3-9-6(10)4-14(2,11)12/h5H,3-4H2,1-2H3,(H2,8,13)(H,9,10). The molecule has 7 heteroatoms. The highest BCUT2D eigenvalue weighted by Crippen LogP contribution is 1.92. The van der Waals surface area contributed by atoms with Crippen LogP contribution in [-0.4, -0.2) is 37.9 Å². The molecule has 0 aliphatic heterocycles. The van der Waals surface area contributed by atoms with Gasteiger partial charge in [-0.3, -0.25) is 4.79 Å². The van der Waals surface area contributed by atoms with Crippen molar-refractivity contribution in [3.63, 3.8) is 0 Å². The third-order valence-electron chi connectivity index (χ3n) is 1.48. The van der Waals surface area contributed by atoms with Crippen molar-refractivity contribution in [3.05, 3.63) is 0 Å². The lowest BCUT2D eigenvalue weighted by atomic mass is 10.2. The molecule has 0 bridgehead atoms. The zero-order valence-corrected chi connectivity index (χ0v) is 9.74. The topological polar surface area (TPSA) is 89.3 Å². The highest BCUT2D eigenvalue weighted by Gasteiger charge is 2.12. The minimum Gasteiger partial charge on any atom is -0.393 e. The molecule has 0 aromatic heterocycles. The first kappa shape index (κ1) is 13.3. The Labute approximate surface area is 89.0 Å². The van der Waals surface area contributed by atoms with E-state index in [1.54, 1.807) is 6.92 Å². The number of carbonyl (C=O) groups excluding carboxylic acids is 1. The fourth-order valence-electron chi connectivity index (χ4n) is 0.657. The molecule has 0 aromatic carbocycles. The third kappa shape index (κ3) is 6.79. The first-order valence-electron chi connectivity index (χ1n) is 3.96. The van der Waals surface area contributed by atoms with E-state index in [9.17, 15) is 13.2 Å². The van der Waals surface area contributed by atoms with Gasteiger partial charge >= 0.3 is 0 Å². The van der Waals surface area contributed by atoms with Crippen LogP contribution >= 0.6 is 12.2 Å². The average Bonchev–Trinajstić information content (AvgIpc) is 1.96. The summed E-state index contributed by atoms with van der Waals surface area (Å²) in [6.07, 6.45) is 1.00. The molecule has 0 fully saturated rings. The number of hydrogen-bond donors (Lipinski definition) is 2. The van der Waals surface area contributed by atoms with Crippen molar-refractivity contribution in [2.75, 3.05) is 18.6 Å². The molecule has 0 aliphatic rings. The second kappa shape index (κ2) is 5.26. The molecule has 14 heavy (non-hydrogen) atoms. The van der Waals surface area contributed by atoms with Crippen LogP contribution in [0.25, 0.3) is 0 Å². The van der Waals surface area contributed by atoms with Gasteiger partial charge in [-0.1, -0.05) is 19.1 Å². The van der Waals surface area contributed by atoms with Gasteiger partial charge in [0.05, 0.1) is 4.99 Å². The van der Waals surface area contributed by atoms with Crippen LogP contribution in [0.4, 0.5) is 0 Å². The van der Waals surface area contributed by atoms with Gasteiger partial charge in [0, 0.05) is 18.7 Å². The lowest BCUT2D eigenvalue weighted by Gasteiger charge is -2.10. The second-order valence-electron chi connectivity index (χ2n) is 3.18. The van der Waals surface area contributed by atoms with Gasteiger partial charge in [-0.15, -0.1) is 0 Å². The first-order valence-corrected chi connectivity index (χ1v) is 6.43. The normalized spacial score (nSPS) is 13.3. The second-order valence-corrected chi connectivity index (χ2v) is 5.79. The maximum Gasteiger partial charge on any atom is 0.235 e. The van der Waals surface area contributed by atoms with E-state index in [1.165, 1.54) is 0 Å². The summed E-state index contributed by atoms with van der Waals surface area (Å²) in [7, 11) is -3.27. The summed E-state index contributed by atoms with van der Waals surface area (Å²) >= 11 is 4.69. The van der Waals surface area contributed by atoms with Gasteiger partial charge in [0.1, 0.15) is 5.75 Å². The summed E-state index contributed by atoms with van der Waals surface area (Å²) in [5.41, 5.74) is 5.31. The molecule has 0 radical (unpaired) electrons. The molecule has 0 aromatic rings. The van der Waals surface area contributed by atoms with Gasteiger partial charge in [0.15, 0.2) is 9.84 Å². The summed E-state index contributed by atoms with van der Waals surface area (Å²) in [5.74, 6) is -1.17. The van der Waals surface area contributed by atoms with E-state index < -0.39 is 21.5 Å². The molecule has 0 heterocycles. The number of sulfone groups is 1. The summed E-state index contributed by atoms with van der Waals surface area (Å²) < 4.78 is 21.4. The molecule has 3 N–H and O–H groups in total. The number of amides is 1. The molecule has 0 rings (SSSR count). The van der Waals surface area contributed by atoms with Crippen LogP contribution in [-0.2, 0) is 14.6 Å². The predicted octanol–water partition coefficient (Wildman–Crippen LogP) is -0.931. The minimum absolute atomic E-state index is 0.131. The molecule has 1 atom stereocenters. The van der Waals surface area contributed by atoms with Crippen molar-refractivity contribution in [1.82, 2.24) is 5.32 Å². The Kier molecular flexibility index (Phi) is 5.00. The zero-order valence-electron chi connectivity index (χ0n) is 8.11. The van der Waals surface area contributed by atoms with Crippen molar-refractivity contribution in [1.29, 1.82) is 0 Å². The first-order chi connectivity index (χ1) is 6.22. The monoisotopic (exact) mass is 238 g/mol. The SMILES string of the molecule is CC(CNC(=O)CS(C)(=O)=O)C(N)=S. The molecule has 1 amide bonds. The molecule has 0 saturated carbocycles. The molecular formula is C7H14N2O3S2. The number of carbonyl (C=O) groups is 1. The lowest BCUT2D eigenvalue weighted by Crippen LogP contribution is -2.36. The summed E-state index contributed by atoms with van der Waals surface area (Å²) in [6, 6.07) is 0. The maximum absolute atomic E-state index is 11.0. The van der Waals surface area contributed by atoms with E-state index in [2.05, 4.69) is 17.5 Å². The number of thiocarbonyl (C=S) groups is 1. The van der Waals surface area contributed by atoms with E-state index in [0.29, 0.717) is 4.99 Å². The summed E-state index contributed by atoms with van der Waals surface area (Å²) in [6.45, 7) is 2.02. The zero-order chi connectivity index (χ0) is 11.4. The molecule has 5 nitrogen and oxygen atoms in total. The number of hydrogen-bond acceptors (Lipinski definition) is 4. The number of nitrogens with one attached hydrogen (secondary N) is 1.